The van der Waals surface area contributed by atoms with Crippen molar-refractivity contribution in [1.29, 1.82) is 0 Å². The number of nitrogens with one attached hydrogen (secondary N) is 2. The molecule has 1 aromatic heterocycles. The molecule has 0 aliphatic carbocycles. The first-order valence-electron chi connectivity index (χ1n) is 8.14. The van der Waals surface area contributed by atoms with E-state index in [4.69, 9.17) is 4.74 Å². The van der Waals surface area contributed by atoms with Gasteiger partial charge in [0.2, 0.25) is 0 Å². The Balaban J connectivity index is 1.64. The molecule has 0 radical (unpaired) electrons. The lowest BCUT2D eigenvalue weighted by Gasteiger charge is -2.09. The minimum atomic E-state index is -0.964. The van der Waals surface area contributed by atoms with Crippen molar-refractivity contribution in [3.8, 4) is 5.75 Å². The van der Waals surface area contributed by atoms with E-state index in [1.165, 1.54) is 18.3 Å². The number of carbonyl (C=O) groups excluding carboxylic acids is 1. The number of anilines is 2. The van der Waals surface area contributed by atoms with Crippen molar-refractivity contribution in [2.45, 2.75) is 6.54 Å². The van der Waals surface area contributed by atoms with Gasteiger partial charge in [-0.2, -0.15) is 0 Å². The number of aromatic nitrogens is 1. The highest BCUT2D eigenvalue weighted by Crippen LogP contribution is 2.18. The number of pyridine rings is 1. The third-order valence-electron chi connectivity index (χ3n) is 3.83. The van der Waals surface area contributed by atoms with Crippen LogP contribution in [0.5, 0.6) is 5.75 Å². The summed E-state index contributed by atoms with van der Waals surface area (Å²) in [5.41, 5.74) is 1.65. The number of carbonyl (C=O) groups is 1. The van der Waals surface area contributed by atoms with Crippen molar-refractivity contribution in [2.24, 2.45) is 0 Å². The SMILES string of the molecule is COc1ccc(CNC(=O)c2ccnc(Nc3ccc(F)c(F)c3)c2)cc1. The number of halogens is 2. The number of methoxy groups -OCH3 is 1. The number of nitrogens with zero attached hydrogens (tertiary/aromatic N) is 1. The number of hydrogen-bond acceptors (Lipinski definition) is 4. The fourth-order valence-corrected chi connectivity index (χ4v) is 2.39. The van der Waals surface area contributed by atoms with Gasteiger partial charge in [0, 0.05) is 30.1 Å². The highest BCUT2D eigenvalue weighted by atomic mass is 19.2. The zero-order valence-corrected chi connectivity index (χ0v) is 14.5. The number of benzene rings is 2. The fraction of sp³-hybridized carbons (Fsp3) is 0.100. The lowest BCUT2D eigenvalue weighted by Crippen LogP contribution is -2.22. The van der Waals surface area contributed by atoms with E-state index in [1.54, 1.807) is 13.2 Å². The summed E-state index contributed by atoms with van der Waals surface area (Å²) in [5.74, 6) is -1.08. The fourth-order valence-electron chi connectivity index (χ4n) is 2.39. The molecule has 0 bridgehead atoms. The third-order valence-corrected chi connectivity index (χ3v) is 3.83. The average molecular weight is 369 g/mol. The summed E-state index contributed by atoms with van der Waals surface area (Å²) in [6.45, 7) is 0.358. The van der Waals surface area contributed by atoms with Crippen LogP contribution in [0.2, 0.25) is 0 Å². The van der Waals surface area contributed by atoms with Gasteiger partial charge in [0.05, 0.1) is 7.11 Å². The Morgan fingerprint density at radius 3 is 2.52 bits per heavy atom. The second kappa shape index (κ2) is 8.27. The molecule has 0 spiro atoms. The van der Waals surface area contributed by atoms with E-state index in [0.717, 1.165) is 23.4 Å². The van der Waals surface area contributed by atoms with E-state index in [0.29, 0.717) is 23.6 Å². The van der Waals surface area contributed by atoms with Crippen LogP contribution >= 0.6 is 0 Å². The van der Waals surface area contributed by atoms with Crippen LogP contribution in [0.25, 0.3) is 0 Å². The molecule has 0 saturated heterocycles. The van der Waals surface area contributed by atoms with Crippen LogP contribution in [0.15, 0.2) is 60.8 Å². The summed E-state index contributed by atoms with van der Waals surface area (Å²) in [5, 5.41) is 5.66. The maximum atomic E-state index is 13.3. The Hall–Kier alpha value is -3.48. The summed E-state index contributed by atoms with van der Waals surface area (Å²) in [4.78, 5) is 16.4. The van der Waals surface area contributed by atoms with Crippen molar-refractivity contribution in [2.75, 3.05) is 12.4 Å². The van der Waals surface area contributed by atoms with Gasteiger partial charge in [-0.1, -0.05) is 12.1 Å². The van der Waals surface area contributed by atoms with Gasteiger partial charge in [0.15, 0.2) is 11.6 Å². The van der Waals surface area contributed by atoms with Gasteiger partial charge in [-0.3, -0.25) is 4.79 Å². The summed E-state index contributed by atoms with van der Waals surface area (Å²) in [6, 6.07) is 13.9. The van der Waals surface area contributed by atoms with Crippen molar-refractivity contribution in [3.63, 3.8) is 0 Å². The topological polar surface area (TPSA) is 63.2 Å². The first kappa shape index (κ1) is 18.3. The van der Waals surface area contributed by atoms with Crippen LogP contribution in [0.4, 0.5) is 20.3 Å². The second-order valence-electron chi connectivity index (χ2n) is 5.71. The molecule has 3 aromatic rings. The highest BCUT2D eigenvalue weighted by Gasteiger charge is 2.08. The van der Waals surface area contributed by atoms with E-state index in [2.05, 4.69) is 15.6 Å². The van der Waals surface area contributed by atoms with E-state index in [1.807, 2.05) is 24.3 Å². The van der Waals surface area contributed by atoms with E-state index < -0.39 is 11.6 Å². The third kappa shape index (κ3) is 4.78. The van der Waals surface area contributed by atoms with Crippen LogP contribution in [-0.4, -0.2) is 18.0 Å². The average Bonchev–Trinajstić information content (AvgIpc) is 2.69. The molecule has 1 heterocycles. The normalized spacial score (nSPS) is 10.3. The van der Waals surface area contributed by atoms with Crippen LogP contribution < -0.4 is 15.4 Å². The molecule has 27 heavy (non-hydrogen) atoms. The molecule has 0 fully saturated rings. The number of rotatable bonds is 6. The predicted molar refractivity (Wildman–Crippen MR) is 98.0 cm³/mol. The first-order valence-corrected chi connectivity index (χ1v) is 8.14. The molecule has 2 aromatic carbocycles. The van der Waals surface area contributed by atoms with Crippen LogP contribution in [0.1, 0.15) is 15.9 Å². The number of hydrogen-bond donors (Lipinski definition) is 2. The molecule has 2 N–H and O–H groups in total. The Morgan fingerprint density at radius 2 is 1.81 bits per heavy atom. The zero-order valence-electron chi connectivity index (χ0n) is 14.5. The van der Waals surface area contributed by atoms with Crippen LogP contribution in [0, 0.1) is 11.6 Å². The summed E-state index contributed by atoms with van der Waals surface area (Å²) < 4.78 is 31.4. The van der Waals surface area contributed by atoms with Gasteiger partial charge in [-0.15, -0.1) is 0 Å². The molecular weight excluding hydrogens is 352 g/mol. The molecule has 0 saturated carbocycles. The van der Waals surface area contributed by atoms with E-state index in [-0.39, 0.29) is 5.91 Å². The van der Waals surface area contributed by atoms with Gasteiger partial charge in [-0.05, 0) is 42.0 Å². The molecule has 0 atom stereocenters. The lowest BCUT2D eigenvalue weighted by molar-refractivity contribution is 0.0951. The minimum Gasteiger partial charge on any atom is -0.497 e. The molecule has 0 unspecified atom stereocenters. The molecule has 0 aliphatic rings. The Labute approximate surface area is 155 Å². The maximum absolute atomic E-state index is 13.3. The quantitative estimate of drug-likeness (QED) is 0.688. The maximum Gasteiger partial charge on any atom is 0.251 e. The summed E-state index contributed by atoms with van der Waals surface area (Å²) >= 11 is 0. The molecule has 3 rings (SSSR count). The molecule has 7 heteroatoms. The molecule has 1 amide bonds. The Bertz CT molecular complexity index is 946. The predicted octanol–water partition coefficient (Wildman–Crippen LogP) is 4.04. The van der Waals surface area contributed by atoms with Crippen LogP contribution in [-0.2, 0) is 6.54 Å². The van der Waals surface area contributed by atoms with E-state index in [9.17, 15) is 13.6 Å². The van der Waals surface area contributed by atoms with Crippen molar-refractivity contribution in [1.82, 2.24) is 10.3 Å². The standard InChI is InChI=1S/C20H17F2N3O2/c1-27-16-5-2-13(3-6-16)12-24-20(26)14-8-9-23-19(10-14)25-15-4-7-17(21)18(22)11-15/h2-11H,12H2,1H3,(H,23,25)(H,24,26). The molecular formula is C20H17F2N3O2. The van der Waals surface area contributed by atoms with Gasteiger partial charge in [0.25, 0.3) is 5.91 Å². The Kier molecular flexibility index (Phi) is 5.61. The minimum absolute atomic E-state index is 0.276. The molecule has 138 valence electrons. The Morgan fingerprint density at radius 1 is 1.04 bits per heavy atom. The van der Waals surface area contributed by atoms with Gasteiger partial charge in [0.1, 0.15) is 11.6 Å². The smallest absolute Gasteiger partial charge is 0.251 e. The zero-order chi connectivity index (χ0) is 19.2. The van der Waals surface area contributed by atoms with Crippen LogP contribution in [0.3, 0.4) is 0 Å². The van der Waals surface area contributed by atoms with Gasteiger partial charge >= 0.3 is 0 Å². The largest absolute Gasteiger partial charge is 0.497 e. The summed E-state index contributed by atoms with van der Waals surface area (Å²) in [7, 11) is 1.59. The lowest BCUT2D eigenvalue weighted by atomic mass is 10.2. The number of amides is 1. The van der Waals surface area contributed by atoms with Crippen molar-refractivity contribution in [3.05, 3.63) is 83.6 Å². The van der Waals surface area contributed by atoms with Gasteiger partial charge in [-0.25, -0.2) is 13.8 Å². The van der Waals surface area contributed by atoms with E-state index >= 15 is 0 Å². The molecule has 0 aliphatic heterocycles. The molecule has 5 nitrogen and oxygen atoms in total. The van der Waals surface area contributed by atoms with Crippen molar-refractivity contribution < 1.29 is 18.3 Å². The van der Waals surface area contributed by atoms with Crippen molar-refractivity contribution >= 4 is 17.4 Å². The first-order chi connectivity index (χ1) is 13.0. The second-order valence-corrected chi connectivity index (χ2v) is 5.71. The summed E-state index contributed by atoms with van der Waals surface area (Å²) in [6.07, 6.45) is 1.46. The highest BCUT2D eigenvalue weighted by molar-refractivity contribution is 5.94. The monoisotopic (exact) mass is 369 g/mol. The number of ether oxygens (including phenoxy) is 1. The van der Waals surface area contributed by atoms with Gasteiger partial charge < -0.3 is 15.4 Å².